The first-order chi connectivity index (χ1) is 5.61. The summed E-state index contributed by atoms with van der Waals surface area (Å²) in [5, 5.41) is 22.4. The highest BCUT2D eigenvalue weighted by atomic mass is 16.5. The van der Waals surface area contributed by atoms with E-state index in [0.717, 1.165) is 30.7 Å². The quantitative estimate of drug-likeness (QED) is 0.634. The molecule has 4 nitrogen and oxygen atoms in total. The Morgan fingerprint density at radius 1 is 1.08 bits per heavy atom. The third kappa shape index (κ3) is 2.42. The van der Waals surface area contributed by atoms with Crippen LogP contribution in [0.2, 0.25) is 0 Å². The summed E-state index contributed by atoms with van der Waals surface area (Å²) in [5.41, 5.74) is 0. The van der Waals surface area contributed by atoms with Gasteiger partial charge in [-0.05, 0) is 38.8 Å². The van der Waals surface area contributed by atoms with Gasteiger partial charge >= 0.3 is 0 Å². The van der Waals surface area contributed by atoms with Crippen LogP contribution < -0.4 is 0 Å². The van der Waals surface area contributed by atoms with Gasteiger partial charge in [0, 0.05) is 13.1 Å². The van der Waals surface area contributed by atoms with Gasteiger partial charge in [-0.1, -0.05) is 0 Å². The Kier molecular flexibility index (Phi) is 3.46. The monoisotopic (exact) mass is 173 g/mol. The SMILES string of the molecule is CN([O-])C1CCC(N(C)O)CC1. The van der Waals surface area contributed by atoms with Crippen LogP contribution in [0, 0.1) is 5.21 Å². The molecule has 0 aliphatic heterocycles. The van der Waals surface area contributed by atoms with E-state index in [2.05, 4.69) is 0 Å². The van der Waals surface area contributed by atoms with Gasteiger partial charge in [0.15, 0.2) is 0 Å². The molecule has 0 aromatic carbocycles. The molecule has 0 aromatic heterocycles. The Bertz CT molecular complexity index is 115. The lowest BCUT2D eigenvalue weighted by atomic mass is 9.91. The van der Waals surface area contributed by atoms with Crippen LogP contribution in [0.15, 0.2) is 0 Å². The molecule has 1 aliphatic carbocycles. The summed E-state index contributed by atoms with van der Waals surface area (Å²) in [6.07, 6.45) is 3.64. The van der Waals surface area contributed by atoms with Gasteiger partial charge in [0.05, 0.1) is 0 Å². The van der Waals surface area contributed by atoms with E-state index in [0.29, 0.717) is 0 Å². The molecular weight excluding hydrogens is 156 g/mol. The van der Waals surface area contributed by atoms with Crippen LogP contribution in [0.1, 0.15) is 25.7 Å². The molecule has 0 amide bonds. The van der Waals surface area contributed by atoms with Crippen LogP contribution in [-0.2, 0) is 0 Å². The molecule has 0 atom stereocenters. The van der Waals surface area contributed by atoms with Crippen molar-refractivity contribution in [2.45, 2.75) is 37.8 Å². The van der Waals surface area contributed by atoms with Crippen LogP contribution in [0.25, 0.3) is 0 Å². The Labute approximate surface area is 73.3 Å². The third-order valence-corrected chi connectivity index (χ3v) is 2.71. The molecular formula is C8H17N2O2-. The summed E-state index contributed by atoms with van der Waals surface area (Å²) in [4.78, 5) is 0. The summed E-state index contributed by atoms with van der Waals surface area (Å²) >= 11 is 0. The molecule has 0 radical (unpaired) electrons. The van der Waals surface area contributed by atoms with Gasteiger partial charge in [-0.3, -0.25) is 0 Å². The van der Waals surface area contributed by atoms with Crippen molar-refractivity contribution in [2.75, 3.05) is 14.1 Å². The maximum atomic E-state index is 10.9. The van der Waals surface area contributed by atoms with Crippen LogP contribution in [0.5, 0.6) is 0 Å². The molecule has 0 heterocycles. The molecule has 72 valence electrons. The van der Waals surface area contributed by atoms with Crippen molar-refractivity contribution in [1.29, 1.82) is 0 Å². The van der Waals surface area contributed by atoms with Crippen molar-refractivity contribution in [2.24, 2.45) is 0 Å². The minimum Gasteiger partial charge on any atom is -0.785 e. The van der Waals surface area contributed by atoms with Crippen molar-refractivity contribution in [3.05, 3.63) is 5.21 Å². The molecule has 12 heavy (non-hydrogen) atoms. The van der Waals surface area contributed by atoms with Gasteiger partial charge < -0.3 is 15.5 Å². The van der Waals surface area contributed by atoms with E-state index in [9.17, 15) is 5.21 Å². The number of rotatable bonds is 2. The Hall–Kier alpha value is -0.160. The van der Waals surface area contributed by atoms with Gasteiger partial charge in [-0.2, -0.15) is 5.06 Å². The lowest BCUT2D eigenvalue weighted by Gasteiger charge is -2.39. The van der Waals surface area contributed by atoms with E-state index in [1.165, 1.54) is 5.06 Å². The van der Waals surface area contributed by atoms with Gasteiger partial charge in [-0.15, -0.1) is 0 Å². The maximum Gasteiger partial charge on any atom is 0.0348 e. The second-order valence-corrected chi connectivity index (χ2v) is 3.58. The second kappa shape index (κ2) is 4.18. The Morgan fingerprint density at radius 2 is 1.50 bits per heavy atom. The van der Waals surface area contributed by atoms with Crippen LogP contribution in [0.3, 0.4) is 0 Å². The molecule has 0 bridgehead atoms. The van der Waals surface area contributed by atoms with Crippen LogP contribution in [0.4, 0.5) is 0 Å². The summed E-state index contributed by atoms with van der Waals surface area (Å²) in [7, 11) is 3.25. The van der Waals surface area contributed by atoms with E-state index < -0.39 is 0 Å². The van der Waals surface area contributed by atoms with Gasteiger partial charge in [0.2, 0.25) is 0 Å². The molecule has 1 N–H and O–H groups in total. The maximum absolute atomic E-state index is 10.9. The molecule has 1 saturated carbocycles. The minimum absolute atomic E-state index is 0.168. The number of hydrogen-bond acceptors (Lipinski definition) is 4. The van der Waals surface area contributed by atoms with Crippen molar-refractivity contribution in [3.63, 3.8) is 0 Å². The van der Waals surface area contributed by atoms with Crippen molar-refractivity contribution in [1.82, 2.24) is 10.1 Å². The Balaban J connectivity index is 2.30. The molecule has 0 spiro atoms. The van der Waals surface area contributed by atoms with Crippen LogP contribution >= 0.6 is 0 Å². The second-order valence-electron chi connectivity index (χ2n) is 3.58. The summed E-state index contributed by atoms with van der Waals surface area (Å²) in [6.45, 7) is 0. The van der Waals surface area contributed by atoms with E-state index in [-0.39, 0.29) is 12.1 Å². The predicted octanol–water partition coefficient (Wildman–Crippen LogP) is 1.05. The highest BCUT2D eigenvalue weighted by Gasteiger charge is 2.22. The third-order valence-electron chi connectivity index (χ3n) is 2.71. The fourth-order valence-corrected chi connectivity index (χ4v) is 1.80. The van der Waals surface area contributed by atoms with E-state index in [1.807, 2.05) is 0 Å². The van der Waals surface area contributed by atoms with E-state index >= 15 is 0 Å². The average Bonchev–Trinajstić information content (AvgIpc) is 2.04. The molecule has 4 heteroatoms. The highest BCUT2D eigenvalue weighted by Crippen LogP contribution is 2.23. The molecule has 1 rings (SSSR count). The number of hydroxylamine groups is 4. The summed E-state index contributed by atoms with van der Waals surface area (Å²) in [6, 6.07) is 0.419. The van der Waals surface area contributed by atoms with Crippen LogP contribution in [-0.4, -0.2) is 41.5 Å². The lowest BCUT2D eigenvalue weighted by Crippen LogP contribution is -2.38. The molecule has 0 saturated heterocycles. The van der Waals surface area contributed by atoms with Crippen molar-refractivity contribution >= 4 is 0 Å². The highest BCUT2D eigenvalue weighted by molar-refractivity contribution is 4.80. The standard InChI is InChI=1S/C8H17N2O2/c1-9(11)7-3-5-8(6-4-7)10(2)12/h7-8,11H,3-6H2,1-2H3/q-1. The predicted molar refractivity (Wildman–Crippen MR) is 46.7 cm³/mol. The molecule has 0 unspecified atom stereocenters. The normalized spacial score (nSPS) is 31.5. The van der Waals surface area contributed by atoms with E-state index in [4.69, 9.17) is 5.21 Å². The first-order valence-electron chi connectivity index (χ1n) is 4.43. The zero-order valence-electron chi connectivity index (χ0n) is 7.73. The zero-order valence-corrected chi connectivity index (χ0v) is 7.73. The van der Waals surface area contributed by atoms with Gasteiger partial charge in [0.25, 0.3) is 0 Å². The van der Waals surface area contributed by atoms with E-state index in [1.54, 1.807) is 14.1 Å². The summed E-state index contributed by atoms with van der Waals surface area (Å²) < 4.78 is 0. The summed E-state index contributed by atoms with van der Waals surface area (Å²) in [5.74, 6) is 0. The fourth-order valence-electron chi connectivity index (χ4n) is 1.80. The Morgan fingerprint density at radius 3 is 1.83 bits per heavy atom. The number of hydrogen-bond donors (Lipinski definition) is 1. The van der Waals surface area contributed by atoms with Crippen molar-refractivity contribution < 1.29 is 5.21 Å². The fraction of sp³-hybridized carbons (Fsp3) is 1.00. The van der Waals surface area contributed by atoms with Gasteiger partial charge in [0.1, 0.15) is 0 Å². The largest absolute Gasteiger partial charge is 0.785 e. The minimum atomic E-state index is 0.168. The molecule has 1 aliphatic rings. The first kappa shape index (κ1) is 9.92. The lowest BCUT2D eigenvalue weighted by molar-refractivity contribution is -0.114. The smallest absolute Gasteiger partial charge is 0.0348 e. The molecule has 1 fully saturated rings. The average molecular weight is 173 g/mol. The first-order valence-corrected chi connectivity index (χ1v) is 4.43. The zero-order chi connectivity index (χ0) is 9.14. The number of nitrogens with zero attached hydrogens (tertiary/aromatic N) is 2. The topological polar surface area (TPSA) is 49.8 Å². The van der Waals surface area contributed by atoms with Gasteiger partial charge in [-0.25, -0.2) is 0 Å². The molecule has 0 aromatic rings. The van der Waals surface area contributed by atoms with Crippen molar-refractivity contribution in [3.8, 4) is 0 Å².